The molecule has 0 bridgehead atoms. The molecule has 0 saturated carbocycles. The minimum absolute atomic E-state index is 0.387. The monoisotopic (exact) mass is 699 g/mol. The van der Waals surface area contributed by atoms with E-state index in [-0.39, 0.29) is 7.25 Å². The van der Waals surface area contributed by atoms with E-state index in [9.17, 15) is 0 Å². The Bertz CT molecular complexity index is 1290. The summed E-state index contributed by atoms with van der Waals surface area (Å²) in [5, 5.41) is 2.83. The molecule has 0 aliphatic heterocycles. The van der Waals surface area contributed by atoms with Crippen LogP contribution in [-0.4, -0.2) is 45.9 Å². The normalized spacial score (nSPS) is 24.1. The summed E-state index contributed by atoms with van der Waals surface area (Å²) >= 11 is 0. The molecule has 8 heteroatoms. The Kier molecular flexibility index (Phi) is 6.55. The number of hydrogen-bond donors (Lipinski definition) is 0. The number of benzene rings is 2. The SMILES string of the molecule is CC1=Cc2cc([PH](C)(C)C)ccc2[CH]1[Zr]([Cl])([Cl])([Cl])([Cl])([CH]1C(C)=Cc2cc([PH](C)(C)C)ccc21)[SiH](C)C. The van der Waals surface area contributed by atoms with Crippen LogP contribution >= 0.6 is 48.6 Å². The maximum atomic E-state index is 8.24. The predicted octanol–water partition coefficient (Wildman–Crippen LogP) is 9.19. The predicted molar refractivity (Wildman–Crippen MR) is 179 cm³/mol. The first-order valence-electron chi connectivity index (χ1n) is 13.1. The van der Waals surface area contributed by atoms with E-state index in [1.807, 2.05) is 0 Å². The van der Waals surface area contributed by atoms with Crippen LogP contribution in [0.4, 0.5) is 0 Å². The summed E-state index contributed by atoms with van der Waals surface area (Å²) in [5.41, 5.74) is 6.75. The van der Waals surface area contributed by atoms with Crippen molar-refractivity contribution in [3.63, 3.8) is 0 Å². The van der Waals surface area contributed by atoms with Crippen LogP contribution in [0.2, 0.25) is 13.1 Å². The number of allylic oxidation sites excluding steroid dienone is 2. The molecule has 201 valence electrons. The van der Waals surface area contributed by atoms with Crippen LogP contribution in [0.3, 0.4) is 0 Å². The van der Waals surface area contributed by atoms with Gasteiger partial charge in [-0.05, 0) is 0 Å². The average molecular weight is 703 g/mol. The van der Waals surface area contributed by atoms with Gasteiger partial charge in [-0.1, -0.05) is 0 Å². The zero-order valence-electron chi connectivity index (χ0n) is 23.4. The molecule has 0 saturated heterocycles. The van der Waals surface area contributed by atoms with Crippen LogP contribution < -0.4 is 10.6 Å². The standard InChI is InChI=1S/2C13H18P.C2H7Si.4ClH.Zr/c2*1-10-7-11-5-6-13(14(2,3)4)9-12(11)8-10;1-3-2;;;;;/h2*5-9,14H,1-4H3;3H,1-2H3;4*1H;/q;;;;;;;+4/p-4. The molecule has 0 N–H and O–H groups in total. The van der Waals surface area contributed by atoms with Gasteiger partial charge in [0.1, 0.15) is 0 Å². The summed E-state index contributed by atoms with van der Waals surface area (Å²) in [7, 11) is 23.2. The Balaban J connectivity index is 2.05. The molecule has 2 aromatic carbocycles. The molecule has 0 spiro atoms. The van der Waals surface area contributed by atoms with Crippen molar-refractivity contribution in [1.29, 1.82) is 0 Å². The molecule has 0 heterocycles. The maximum absolute atomic E-state index is 8.24. The molecule has 2 atom stereocenters. The van der Waals surface area contributed by atoms with Crippen LogP contribution in [-0.2, 0) is 10.2 Å². The quantitative estimate of drug-likeness (QED) is 0.216. The molecule has 36 heavy (non-hydrogen) atoms. The van der Waals surface area contributed by atoms with Gasteiger partial charge in [0, 0.05) is 0 Å². The number of halogens is 4. The van der Waals surface area contributed by atoms with Crippen molar-refractivity contribution in [3.8, 4) is 0 Å². The molecule has 2 aromatic rings. The van der Waals surface area contributed by atoms with E-state index in [0.717, 1.165) is 22.3 Å². The molecule has 4 rings (SSSR count). The third kappa shape index (κ3) is 4.14. The second-order valence-electron chi connectivity index (χ2n) is 14.2. The van der Waals surface area contributed by atoms with Crippen molar-refractivity contribution in [2.75, 3.05) is 40.0 Å². The number of rotatable bonds is 5. The van der Waals surface area contributed by atoms with E-state index in [2.05, 4.69) is 115 Å². The van der Waals surface area contributed by atoms with E-state index in [1.54, 1.807) is 0 Å². The molecule has 0 radical (unpaired) electrons. The Morgan fingerprint density at radius 2 is 0.972 bits per heavy atom. The molecule has 2 aliphatic rings. The Labute approximate surface area is 229 Å². The molecule has 0 nitrogen and oxygen atoms in total. The molecular weight excluding hydrogens is 659 g/mol. The second-order valence-corrected chi connectivity index (χ2v) is 104. The molecule has 0 fully saturated rings. The minimum atomic E-state index is -6.74. The van der Waals surface area contributed by atoms with Gasteiger partial charge < -0.3 is 0 Å². The van der Waals surface area contributed by atoms with Crippen LogP contribution in [0.1, 0.15) is 43.4 Å². The molecule has 0 aromatic heterocycles. The summed E-state index contributed by atoms with van der Waals surface area (Å²) < 4.78 is -0.775. The van der Waals surface area contributed by atoms with Crippen LogP contribution in [0.25, 0.3) is 12.2 Å². The van der Waals surface area contributed by atoms with Crippen molar-refractivity contribution in [2.24, 2.45) is 0 Å². The van der Waals surface area contributed by atoms with Gasteiger partial charge in [0.05, 0.1) is 0 Å². The third-order valence-electron chi connectivity index (χ3n) is 9.28. The van der Waals surface area contributed by atoms with E-state index in [1.165, 1.54) is 21.7 Å². The fourth-order valence-electron chi connectivity index (χ4n) is 6.88. The van der Waals surface area contributed by atoms with Gasteiger partial charge in [-0.25, -0.2) is 0 Å². The van der Waals surface area contributed by atoms with Gasteiger partial charge >= 0.3 is 231 Å². The van der Waals surface area contributed by atoms with Crippen molar-refractivity contribution in [2.45, 2.75) is 34.2 Å². The van der Waals surface area contributed by atoms with Gasteiger partial charge in [0.25, 0.3) is 0 Å². The zero-order valence-corrected chi connectivity index (χ0v) is 32.0. The van der Waals surface area contributed by atoms with Crippen molar-refractivity contribution in [3.05, 3.63) is 69.8 Å². The van der Waals surface area contributed by atoms with Gasteiger partial charge in [-0.3, -0.25) is 0 Å². The number of fused-ring (bicyclic) bond motifs is 2. The summed E-state index contributed by atoms with van der Waals surface area (Å²) in [5.74, 6) is -2.15. The average Bonchev–Trinajstić information content (AvgIpc) is 3.21. The van der Waals surface area contributed by atoms with Crippen LogP contribution in [0.15, 0.2) is 47.5 Å². The first-order chi connectivity index (χ1) is 16.0. The summed E-state index contributed by atoms with van der Waals surface area (Å²) in [4.78, 5) is 0. The molecule has 2 aliphatic carbocycles. The van der Waals surface area contributed by atoms with Crippen molar-refractivity contribution >= 4 is 77.3 Å². The van der Waals surface area contributed by atoms with Gasteiger partial charge in [0.2, 0.25) is 0 Å². The third-order valence-corrected chi connectivity index (χ3v) is 95.7. The Hall–Kier alpha value is 1.04. The fourth-order valence-corrected chi connectivity index (χ4v) is 51.9. The summed E-state index contributed by atoms with van der Waals surface area (Å²) in [6.07, 6.45) is 4.48. The summed E-state index contributed by atoms with van der Waals surface area (Å²) in [6, 6.07) is 13.6. The molecule has 2 unspecified atom stereocenters. The fraction of sp³-hybridized carbons (Fsp3) is 0.429. The summed E-state index contributed by atoms with van der Waals surface area (Å²) in [6.45, 7) is 22.8. The second kappa shape index (κ2) is 7.86. The van der Waals surface area contributed by atoms with E-state index >= 15 is 0 Å². The van der Waals surface area contributed by atoms with Crippen LogP contribution in [0, 0.1) is 0 Å². The van der Waals surface area contributed by atoms with Gasteiger partial charge in [0.15, 0.2) is 0 Å². The molecular formula is C28H43Cl4P2SiZr. The topological polar surface area (TPSA) is 0 Å². The van der Waals surface area contributed by atoms with E-state index < -0.39 is 30.6 Å². The van der Waals surface area contributed by atoms with Crippen molar-refractivity contribution in [1.82, 2.24) is 0 Å². The first kappa shape index (κ1) is 30.0. The Morgan fingerprint density at radius 1 is 0.639 bits per heavy atom. The zero-order chi connectivity index (χ0) is 27.4. The van der Waals surface area contributed by atoms with Gasteiger partial charge in [-0.15, -0.1) is 0 Å². The van der Waals surface area contributed by atoms with E-state index in [4.69, 9.17) is 34.1 Å². The van der Waals surface area contributed by atoms with Gasteiger partial charge in [-0.2, -0.15) is 0 Å². The van der Waals surface area contributed by atoms with Crippen LogP contribution in [0.5, 0.6) is 0 Å². The molecule has 0 amide bonds. The Morgan fingerprint density at radius 3 is 1.25 bits per heavy atom. The van der Waals surface area contributed by atoms with E-state index in [0.29, 0.717) is 0 Å². The first-order valence-corrected chi connectivity index (χ1v) is 42.7. The van der Waals surface area contributed by atoms with Crippen molar-refractivity contribution < 1.29 is 10.2 Å². The number of hydrogen-bond acceptors (Lipinski definition) is 0.